The summed E-state index contributed by atoms with van der Waals surface area (Å²) < 4.78 is 0. The van der Waals surface area contributed by atoms with Crippen LogP contribution in [0.25, 0.3) is 0 Å². The quantitative estimate of drug-likeness (QED) is 0.846. The van der Waals surface area contributed by atoms with E-state index in [4.69, 9.17) is 0 Å². The van der Waals surface area contributed by atoms with Gasteiger partial charge in [-0.2, -0.15) is 0 Å². The minimum Gasteiger partial charge on any atom is -0.369 e. The molecular weight excluding hydrogens is 352 g/mol. The highest BCUT2D eigenvalue weighted by Crippen LogP contribution is 2.23. The van der Waals surface area contributed by atoms with E-state index in [0.29, 0.717) is 13.1 Å². The third-order valence-electron chi connectivity index (χ3n) is 4.90. The van der Waals surface area contributed by atoms with Gasteiger partial charge in [0, 0.05) is 38.4 Å². The Kier molecular flexibility index (Phi) is 6.02. The summed E-state index contributed by atoms with van der Waals surface area (Å²) in [6.45, 7) is 12.2. The zero-order valence-electron chi connectivity index (χ0n) is 17.2. The molecule has 2 N–H and O–H groups in total. The molecule has 0 spiro atoms. The van der Waals surface area contributed by atoms with Crippen LogP contribution in [0.1, 0.15) is 33.3 Å². The van der Waals surface area contributed by atoms with Crippen molar-refractivity contribution >= 4 is 23.4 Å². The van der Waals surface area contributed by atoms with Crippen LogP contribution in [-0.4, -0.2) is 53.9 Å². The normalized spacial score (nSPS) is 14.7. The SMILES string of the molecule is CCNc1ccc(N2CCN(C(=O)Nc3ccc(C(C)(C)C)cc3)CC2)nn1. The maximum absolute atomic E-state index is 12.6. The number of carbonyl (C=O) groups is 1. The summed E-state index contributed by atoms with van der Waals surface area (Å²) in [5, 5.41) is 14.6. The van der Waals surface area contributed by atoms with Crippen LogP contribution < -0.4 is 15.5 Å². The number of aromatic nitrogens is 2. The van der Waals surface area contributed by atoms with E-state index in [9.17, 15) is 4.79 Å². The minimum atomic E-state index is -0.0586. The third kappa shape index (κ3) is 4.91. The molecule has 7 nitrogen and oxygen atoms in total. The lowest BCUT2D eigenvalue weighted by atomic mass is 9.87. The Hall–Kier alpha value is -2.83. The largest absolute Gasteiger partial charge is 0.369 e. The standard InChI is InChI=1S/C21H30N6O/c1-5-22-18-10-11-19(25-24-18)26-12-14-27(15-13-26)20(28)23-17-8-6-16(7-9-17)21(2,3)4/h6-11H,5,12-15H2,1-4H3,(H,22,24)(H,23,28). The summed E-state index contributed by atoms with van der Waals surface area (Å²) in [6, 6.07) is 11.9. The molecule has 2 aromatic rings. The number of amides is 2. The number of nitrogens with zero attached hydrogens (tertiary/aromatic N) is 4. The van der Waals surface area contributed by atoms with Crippen molar-refractivity contribution in [2.45, 2.75) is 33.1 Å². The van der Waals surface area contributed by atoms with Crippen LogP contribution in [0.2, 0.25) is 0 Å². The first-order valence-corrected chi connectivity index (χ1v) is 9.86. The van der Waals surface area contributed by atoms with Gasteiger partial charge in [-0.1, -0.05) is 32.9 Å². The van der Waals surface area contributed by atoms with Gasteiger partial charge in [-0.05, 0) is 42.2 Å². The second kappa shape index (κ2) is 8.46. The molecular formula is C21H30N6O. The van der Waals surface area contributed by atoms with Crippen molar-refractivity contribution in [1.82, 2.24) is 15.1 Å². The van der Waals surface area contributed by atoms with Crippen LogP contribution in [0.15, 0.2) is 36.4 Å². The fourth-order valence-corrected chi connectivity index (χ4v) is 3.16. The molecule has 28 heavy (non-hydrogen) atoms. The van der Waals surface area contributed by atoms with E-state index in [1.807, 2.05) is 36.1 Å². The van der Waals surface area contributed by atoms with Crippen LogP contribution in [0, 0.1) is 0 Å². The van der Waals surface area contributed by atoms with E-state index >= 15 is 0 Å². The van der Waals surface area contributed by atoms with Crippen LogP contribution in [0.5, 0.6) is 0 Å². The maximum Gasteiger partial charge on any atom is 0.321 e. The molecule has 0 aliphatic carbocycles. The van der Waals surface area contributed by atoms with Gasteiger partial charge in [0.25, 0.3) is 0 Å². The predicted molar refractivity (Wildman–Crippen MR) is 114 cm³/mol. The summed E-state index contributed by atoms with van der Waals surface area (Å²) in [5.41, 5.74) is 2.18. The van der Waals surface area contributed by atoms with Crippen molar-refractivity contribution in [1.29, 1.82) is 0 Å². The number of rotatable bonds is 4. The number of piperazine rings is 1. The first-order valence-electron chi connectivity index (χ1n) is 9.86. The summed E-state index contributed by atoms with van der Waals surface area (Å²) >= 11 is 0. The van der Waals surface area contributed by atoms with Crippen molar-refractivity contribution in [3.8, 4) is 0 Å². The Morgan fingerprint density at radius 2 is 1.68 bits per heavy atom. The van der Waals surface area contributed by atoms with Gasteiger partial charge in [-0.3, -0.25) is 0 Å². The van der Waals surface area contributed by atoms with Gasteiger partial charge in [-0.15, -0.1) is 10.2 Å². The van der Waals surface area contributed by atoms with Crippen LogP contribution in [0.3, 0.4) is 0 Å². The Balaban J connectivity index is 1.52. The van der Waals surface area contributed by atoms with Crippen molar-refractivity contribution in [3.05, 3.63) is 42.0 Å². The molecule has 0 saturated carbocycles. The van der Waals surface area contributed by atoms with Crippen molar-refractivity contribution < 1.29 is 4.79 Å². The second-order valence-corrected chi connectivity index (χ2v) is 8.04. The molecule has 150 valence electrons. The highest BCUT2D eigenvalue weighted by atomic mass is 16.2. The van der Waals surface area contributed by atoms with Crippen molar-refractivity contribution in [3.63, 3.8) is 0 Å². The molecule has 7 heteroatoms. The molecule has 0 unspecified atom stereocenters. The molecule has 0 bridgehead atoms. The summed E-state index contributed by atoms with van der Waals surface area (Å²) in [4.78, 5) is 16.6. The highest BCUT2D eigenvalue weighted by molar-refractivity contribution is 5.89. The topological polar surface area (TPSA) is 73.4 Å². The lowest BCUT2D eigenvalue weighted by molar-refractivity contribution is 0.208. The number of urea groups is 1. The summed E-state index contributed by atoms with van der Waals surface area (Å²) in [7, 11) is 0. The Morgan fingerprint density at radius 3 is 2.21 bits per heavy atom. The Labute approximate surface area is 167 Å². The fourth-order valence-electron chi connectivity index (χ4n) is 3.16. The van der Waals surface area contributed by atoms with Gasteiger partial charge in [0.05, 0.1) is 0 Å². The Bertz CT molecular complexity index is 774. The fraction of sp³-hybridized carbons (Fsp3) is 0.476. The number of benzene rings is 1. The molecule has 0 atom stereocenters. The monoisotopic (exact) mass is 382 g/mol. The van der Waals surface area contributed by atoms with Crippen LogP contribution >= 0.6 is 0 Å². The molecule has 1 saturated heterocycles. The minimum absolute atomic E-state index is 0.0586. The first kappa shape index (κ1) is 19.9. The number of anilines is 3. The van der Waals surface area contributed by atoms with E-state index in [-0.39, 0.29) is 11.4 Å². The van der Waals surface area contributed by atoms with E-state index < -0.39 is 0 Å². The van der Waals surface area contributed by atoms with E-state index in [0.717, 1.165) is 37.0 Å². The smallest absolute Gasteiger partial charge is 0.321 e. The van der Waals surface area contributed by atoms with Crippen molar-refractivity contribution in [2.75, 3.05) is 48.3 Å². The molecule has 0 radical (unpaired) electrons. The van der Waals surface area contributed by atoms with Gasteiger partial charge >= 0.3 is 6.03 Å². The lowest BCUT2D eigenvalue weighted by Gasteiger charge is -2.35. The maximum atomic E-state index is 12.6. The molecule has 1 fully saturated rings. The Morgan fingerprint density at radius 1 is 1.00 bits per heavy atom. The number of nitrogens with one attached hydrogen (secondary N) is 2. The van der Waals surface area contributed by atoms with Crippen LogP contribution in [-0.2, 0) is 5.41 Å². The molecule has 2 heterocycles. The van der Waals surface area contributed by atoms with Gasteiger partial charge in [0.2, 0.25) is 0 Å². The van der Waals surface area contributed by atoms with Gasteiger partial charge < -0.3 is 20.4 Å². The van der Waals surface area contributed by atoms with Gasteiger partial charge in [0.1, 0.15) is 5.82 Å². The number of carbonyl (C=O) groups excluding carboxylic acids is 1. The molecule has 1 aliphatic heterocycles. The number of hydrogen-bond donors (Lipinski definition) is 2. The third-order valence-corrected chi connectivity index (χ3v) is 4.90. The molecule has 2 amide bonds. The lowest BCUT2D eigenvalue weighted by Crippen LogP contribution is -2.50. The van der Waals surface area contributed by atoms with Crippen LogP contribution in [0.4, 0.5) is 22.1 Å². The van der Waals surface area contributed by atoms with Crippen molar-refractivity contribution in [2.24, 2.45) is 0 Å². The summed E-state index contributed by atoms with van der Waals surface area (Å²) in [6.07, 6.45) is 0. The second-order valence-electron chi connectivity index (χ2n) is 8.04. The molecule has 1 aromatic heterocycles. The predicted octanol–water partition coefficient (Wildman–Crippen LogP) is 3.56. The van der Waals surface area contributed by atoms with E-state index in [1.165, 1.54) is 5.56 Å². The number of hydrogen-bond acceptors (Lipinski definition) is 5. The zero-order chi connectivity index (χ0) is 20.1. The van der Waals surface area contributed by atoms with Gasteiger partial charge in [0.15, 0.2) is 5.82 Å². The average Bonchev–Trinajstić information content (AvgIpc) is 2.69. The zero-order valence-corrected chi connectivity index (χ0v) is 17.2. The summed E-state index contributed by atoms with van der Waals surface area (Å²) in [5.74, 6) is 1.63. The van der Waals surface area contributed by atoms with E-state index in [1.54, 1.807) is 0 Å². The molecule has 1 aliphatic rings. The van der Waals surface area contributed by atoms with Gasteiger partial charge in [-0.25, -0.2) is 4.79 Å². The highest BCUT2D eigenvalue weighted by Gasteiger charge is 2.22. The molecule has 3 rings (SSSR count). The first-order chi connectivity index (χ1) is 13.4. The average molecular weight is 383 g/mol. The van der Waals surface area contributed by atoms with E-state index in [2.05, 4.69) is 58.6 Å². The molecule has 1 aromatic carbocycles.